The highest BCUT2D eigenvalue weighted by molar-refractivity contribution is 5.78. The molecule has 1 heterocycles. The Labute approximate surface area is 126 Å². The lowest BCUT2D eigenvalue weighted by Gasteiger charge is -2.32. The van der Waals surface area contributed by atoms with Gasteiger partial charge in [-0.25, -0.2) is 0 Å². The van der Waals surface area contributed by atoms with Gasteiger partial charge >= 0.3 is 0 Å². The summed E-state index contributed by atoms with van der Waals surface area (Å²) in [6.07, 6.45) is 1.70. The molecular weight excluding hydrogens is 258 g/mol. The van der Waals surface area contributed by atoms with Crippen LogP contribution in [0.3, 0.4) is 0 Å². The van der Waals surface area contributed by atoms with Gasteiger partial charge in [0.15, 0.2) is 0 Å². The molecule has 1 aliphatic rings. The highest BCUT2D eigenvalue weighted by Crippen LogP contribution is 2.31. The van der Waals surface area contributed by atoms with Gasteiger partial charge in [0.25, 0.3) is 0 Å². The van der Waals surface area contributed by atoms with Crippen LogP contribution in [0.15, 0.2) is 54.6 Å². The summed E-state index contributed by atoms with van der Waals surface area (Å²) in [5.41, 5.74) is 3.84. The van der Waals surface area contributed by atoms with E-state index in [9.17, 15) is 4.79 Å². The van der Waals surface area contributed by atoms with Gasteiger partial charge in [-0.3, -0.25) is 4.79 Å². The van der Waals surface area contributed by atoms with E-state index < -0.39 is 0 Å². The maximum absolute atomic E-state index is 12.4. The zero-order valence-corrected chi connectivity index (χ0v) is 12.5. The summed E-state index contributed by atoms with van der Waals surface area (Å²) in [7, 11) is 0. The van der Waals surface area contributed by atoms with Crippen LogP contribution in [-0.2, 0) is 11.3 Å². The predicted molar refractivity (Wildman–Crippen MR) is 85.0 cm³/mol. The molecule has 1 atom stereocenters. The Bertz CT molecular complexity index is 620. The fourth-order valence-corrected chi connectivity index (χ4v) is 3.16. The van der Waals surface area contributed by atoms with Crippen molar-refractivity contribution in [3.05, 3.63) is 71.3 Å². The number of carbonyl (C=O) groups is 1. The Hall–Kier alpha value is -2.09. The van der Waals surface area contributed by atoms with Crippen LogP contribution in [0.1, 0.15) is 35.4 Å². The minimum atomic E-state index is 0.276. The molecule has 0 N–H and O–H groups in total. The minimum absolute atomic E-state index is 0.276. The molecule has 108 valence electrons. The summed E-state index contributed by atoms with van der Waals surface area (Å²) in [5, 5.41) is 0. The van der Waals surface area contributed by atoms with E-state index in [4.69, 9.17) is 0 Å². The number of likely N-dealkylation sites (tertiary alicyclic amines) is 1. The van der Waals surface area contributed by atoms with Crippen molar-refractivity contribution in [3.63, 3.8) is 0 Å². The summed E-state index contributed by atoms with van der Waals surface area (Å²) in [5.74, 6) is 0.657. The van der Waals surface area contributed by atoms with Gasteiger partial charge in [0, 0.05) is 19.5 Å². The molecule has 1 saturated heterocycles. The summed E-state index contributed by atoms with van der Waals surface area (Å²) in [4.78, 5) is 14.4. The van der Waals surface area contributed by atoms with Crippen LogP contribution in [0.25, 0.3) is 0 Å². The van der Waals surface area contributed by atoms with Crippen LogP contribution >= 0.6 is 0 Å². The molecule has 0 spiro atoms. The largest absolute Gasteiger partial charge is 0.338 e. The van der Waals surface area contributed by atoms with Gasteiger partial charge in [-0.2, -0.15) is 0 Å². The molecule has 2 aromatic rings. The van der Waals surface area contributed by atoms with E-state index >= 15 is 0 Å². The summed E-state index contributed by atoms with van der Waals surface area (Å²) in [6, 6.07) is 18.7. The van der Waals surface area contributed by atoms with Gasteiger partial charge in [0.05, 0.1) is 0 Å². The van der Waals surface area contributed by atoms with Crippen molar-refractivity contribution >= 4 is 5.91 Å². The Morgan fingerprint density at radius 2 is 1.76 bits per heavy atom. The van der Waals surface area contributed by atoms with E-state index in [1.165, 1.54) is 16.7 Å². The zero-order chi connectivity index (χ0) is 14.7. The minimum Gasteiger partial charge on any atom is -0.338 e. The van der Waals surface area contributed by atoms with Gasteiger partial charge in [0.2, 0.25) is 5.91 Å². The van der Waals surface area contributed by atoms with Crippen molar-refractivity contribution in [1.29, 1.82) is 0 Å². The molecule has 1 fully saturated rings. The van der Waals surface area contributed by atoms with Crippen molar-refractivity contribution in [1.82, 2.24) is 4.90 Å². The lowest BCUT2D eigenvalue weighted by atomic mass is 9.86. The molecule has 1 unspecified atom stereocenters. The average Bonchev–Trinajstić information content (AvgIpc) is 2.51. The fourth-order valence-electron chi connectivity index (χ4n) is 3.16. The number of nitrogens with zero attached hydrogens (tertiary/aromatic N) is 1. The molecular formula is C19H21NO. The van der Waals surface area contributed by atoms with E-state index in [0.29, 0.717) is 12.3 Å². The molecule has 21 heavy (non-hydrogen) atoms. The molecule has 2 heteroatoms. The van der Waals surface area contributed by atoms with Crippen molar-refractivity contribution in [3.8, 4) is 0 Å². The third-order valence-electron chi connectivity index (χ3n) is 4.37. The molecule has 0 saturated carbocycles. The Morgan fingerprint density at radius 1 is 1.05 bits per heavy atom. The maximum Gasteiger partial charge on any atom is 0.223 e. The molecule has 2 nitrogen and oxygen atoms in total. The molecule has 0 bridgehead atoms. The smallest absolute Gasteiger partial charge is 0.223 e. The Kier molecular flexibility index (Phi) is 4.05. The second-order valence-corrected chi connectivity index (χ2v) is 5.85. The van der Waals surface area contributed by atoms with E-state index in [0.717, 1.165) is 19.5 Å². The average molecular weight is 279 g/mol. The van der Waals surface area contributed by atoms with E-state index in [1.54, 1.807) is 0 Å². The quantitative estimate of drug-likeness (QED) is 0.834. The van der Waals surface area contributed by atoms with Crippen LogP contribution in [-0.4, -0.2) is 17.4 Å². The van der Waals surface area contributed by atoms with E-state index in [-0.39, 0.29) is 5.91 Å². The SMILES string of the molecule is Cc1ccccc1C1CCN(Cc2ccccc2)C(=O)C1. The second kappa shape index (κ2) is 6.13. The topological polar surface area (TPSA) is 20.3 Å². The number of hydrogen-bond donors (Lipinski definition) is 0. The van der Waals surface area contributed by atoms with Crippen LogP contribution < -0.4 is 0 Å². The van der Waals surface area contributed by atoms with Crippen LogP contribution in [0.2, 0.25) is 0 Å². The van der Waals surface area contributed by atoms with E-state index in [1.807, 2.05) is 23.1 Å². The lowest BCUT2D eigenvalue weighted by molar-refractivity contribution is -0.134. The number of hydrogen-bond acceptors (Lipinski definition) is 1. The van der Waals surface area contributed by atoms with Crippen LogP contribution in [0.5, 0.6) is 0 Å². The Morgan fingerprint density at radius 3 is 2.48 bits per heavy atom. The zero-order valence-electron chi connectivity index (χ0n) is 12.5. The normalized spacial score (nSPS) is 18.8. The summed E-state index contributed by atoms with van der Waals surface area (Å²) < 4.78 is 0. The first-order valence-electron chi connectivity index (χ1n) is 7.61. The lowest BCUT2D eigenvalue weighted by Crippen LogP contribution is -2.37. The van der Waals surface area contributed by atoms with E-state index in [2.05, 4.69) is 43.3 Å². The van der Waals surface area contributed by atoms with Gasteiger partial charge in [-0.05, 0) is 36.0 Å². The van der Waals surface area contributed by atoms with Crippen molar-refractivity contribution in [2.75, 3.05) is 6.54 Å². The molecule has 1 amide bonds. The molecule has 0 aliphatic carbocycles. The summed E-state index contributed by atoms with van der Waals surface area (Å²) in [6.45, 7) is 3.73. The van der Waals surface area contributed by atoms with Crippen LogP contribution in [0, 0.1) is 6.92 Å². The van der Waals surface area contributed by atoms with Gasteiger partial charge in [0.1, 0.15) is 0 Å². The monoisotopic (exact) mass is 279 g/mol. The number of amides is 1. The standard InChI is InChI=1S/C19H21NO/c1-15-7-5-6-10-18(15)17-11-12-20(19(21)13-17)14-16-8-3-2-4-9-16/h2-10,17H,11-14H2,1H3. The first-order valence-corrected chi connectivity index (χ1v) is 7.61. The number of benzene rings is 2. The molecule has 2 aromatic carbocycles. The van der Waals surface area contributed by atoms with Crippen LogP contribution in [0.4, 0.5) is 0 Å². The maximum atomic E-state index is 12.4. The predicted octanol–water partition coefficient (Wildman–Crippen LogP) is 3.90. The Balaban J connectivity index is 1.67. The highest BCUT2D eigenvalue weighted by Gasteiger charge is 2.27. The van der Waals surface area contributed by atoms with Crippen molar-refractivity contribution < 1.29 is 4.79 Å². The molecule has 3 rings (SSSR count). The van der Waals surface area contributed by atoms with Gasteiger partial charge in [-0.1, -0.05) is 54.6 Å². The number of piperidine rings is 1. The fraction of sp³-hybridized carbons (Fsp3) is 0.316. The second-order valence-electron chi connectivity index (χ2n) is 5.85. The number of carbonyl (C=O) groups excluding carboxylic acids is 1. The third kappa shape index (κ3) is 3.15. The van der Waals surface area contributed by atoms with Crippen molar-refractivity contribution in [2.45, 2.75) is 32.2 Å². The molecule has 1 aliphatic heterocycles. The first-order chi connectivity index (χ1) is 10.2. The third-order valence-corrected chi connectivity index (χ3v) is 4.37. The summed E-state index contributed by atoms with van der Waals surface area (Å²) >= 11 is 0. The highest BCUT2D eigenvalue weighted by atomic mass is 16.2. The first kappa shape index (κ1) is 13.9. The van der Waals surface area contributed by atoms with Gasteiger partial charge < -0.3 is 4.90 Å². The molecule has 0 aromatic heterocycles. The molecule has 0 radical (unpaired) electrons. The van der Waals surface area contributed by atoms with Gasteiger partial charge in [-0.15, -0.1) is 0 Å². The number of aryl methyl sites for hydroxylation is 1. The van der Waals surface area contributed by atoms with Crippen molar-refractivity contribution in [2.24, 2.45) is 0 Å². The number of rotatable bonds is 3.